The fraction of sp³-hybridized carbons (Fsp3) is 0.609. The number of para-hydroxylation sites is 1. The van der Waals surface area contributed by atoms with Crippen LogP contribution in [0.3, 0.4) is 0 Å². The highest BCUT2D eigenvalue weighted by Crippen LogP contribution is 2.58. The molecular weight excluding hydrogens is 410 g/mol. The Hall–Kier alpha value is -2.65. The summed E-state index contributed by atoms with van der Waals surface area (Å²) in [5.41, 5.74) is 6.38. The molecule has 2 aromatic rings. The van der Waals surface area contributed by atoms with Gasteiger partial charge >= 0.3 is 11.7 Å². The van der Waals surface area contributed by atoms with E-state index in [1.165, 1.54) is 4.57 Å². The predicted molar refractivity (Wildman–Crippen MR) is 122 cm³/mol. The van der Waals surface area contributed by atoms with Crippen molar-refractivity contribution in [1.82, 2.24) is 19.4 Å². The lowest BCUT2D eigenvalue weighted by molar-refractivity contribution is -0.127. The maximum absolute atomic E-state index is 13.4. The number of amides is 2. The number of nitrogens with zero attached hydrogens (tertiary/aromatic N) is 3. The molecule has 1 aliphatic heterocycles. The van der Waals surface area contributed by atoms with Crippen molar-refractivity contribution in [3.63, 3.8) is 0 Å². The molecule has 2 atom stereocenters. The van der Waals surface area contributed by atoms with E-state index in [0.717, 1.165) is 24.2 Å². The van der Waals surface area contributed by atoms with Crippen molar-refractivity contribution in [3.8, 4) is 0 Å². The van der Waals surface area contributed by atoms with Gasteiger partial charge < -0.3 is 15.8 Å². The molecular formula is C23H33N5O4. The van der Waals surface area contributed by atoms with Crippen molar-refractivity contribution in [2.45, 2.75) is 46.7 Å². The molecule has 2 heterocycles. The second kappa shape index (κ2) is 8.04. The Morgan fingerprint density at radius 1 is 1.22 bits per heavy atom. The van der Waals surface area contributed by atoms with Gasteiger partial charge in [0.15, 0.2) is 0 Å². The summed E-state index contributed by atoms with van der Waals surface area (Å²) in [5.74, 6) is -0.425. The van der Waals surface area contributed by atoms with Gasteiger partial charge in [0.25, 0.3) is 0 Å². The number of aromatic nitrogens is 2. The van der Waals surface area contributed by atoms with E-state index in [4.69, 9.17) is 10.5 Å². The van der Waals surface area contributed by atoms with Crippen LogP contribution in [0.5, 0.6) is 0 Å². The Morgan fingerprint density at radius 2 is 1.91 bits per heavy atom. The standard InChI is InChI=1S/C23H33N5O4/c1-15-6-5-7-16-18(15)27(9-8-26-10-12-32-13-11-26)21(31)28(16)20(30)25-17-14-23(17,19(24)29)22(2,3)4/h5-7,17H,8-14H2,1-4H3,(H2,24,29)(H,25,30). The lowest BCUT2D eigenvalue weighted by Crippen LogP contribution is -2.46. The molecule has 2 amide bonds. The summed E-state index contributed by atoms with van der Waals surface area (Å²) >= 11 is 0. The lowest BCUT2D eigenvalue weighted by atomic mass is 9.76. The number of carbonyl (C=O) groups excluding carboxylic acids is 2. The first kappa shape index (κ1) is 22.5. The maximum atomic E-state index is 13.4. The van der Waals surface area contributed by atoms with Crippen molar-refractivity contribution < 1.29 is 14.3 Å². The molecule has 0 spiro atoms. The number of ether oxygens (including phenoxy) is 1. The summed E-state index contributed by atoms with van der Waals surface area (Å²) in [6.07, 6.45) is 0.473. The minimum atomic E-state index is -0.809. The molecule has 0 bridgehead atoms. The van der Waals surface area contributed by atoms with Crippen LogP contribution in [0, 0.1) is 17.8 Å². The maximum Gasteiger partial charge on any atom is 0.337 e. The van der Waals surface area contributed by atoms with E-state index in [1.54, 1.807) is 10.6 Å². The third kappa shape index (κ3) is 3.63. The smallest absolute Gasteiger partial charge is 0.337 e. The molecule has 3 N–H and O–H groups in total. The number of hydrogen-bond acceptors (Lipinski definition) is 5. The van der Waals surface area contributed by atoms with Crippen LogP contribution in [-0.2, 0) is 16.1 Å². The number of hydrogen-bond donors (Lipinski definition) is 2. The zero-order valence-corrected chi connectivity index (χ0v) is 19.3. The number of nitrogens with one attached hydrogen (secondary N) is 1. The first-order valence-electron chi connectivity index (χ1n) is 11.2. The van der Waals surface area contributed by atoms with Gasteiger partial charge in [0.1, 0.15) is 0 Å². The molecule has 174 valence electrons. The number of carbonyl (C=O) groups is 2. The number of imidazole rings is 1. The monoisotopic (exact) mass is 443 g/mol. The van der Waals surface area contributed by atoms with E-state index in [2.05, 4.69) is 10.2 Å². The summed E-state index contributed by atoms with van der Waals surface area (Å²) < 4.78 is 8.27. The van der Waals surface area contributed by atoms with E-state index in [0.29, 0.717) is 38.2 Å². The molecule has 9 heteroatoms. The Balaban J connectivity index is 1.64. The molecule has 2 aliphatic rings. The first-order valence-corrected chi connectivity index (χ1v) is 11.2. The van der Waals surface area contributed by atoms with E-state index >= 15 is 0 Å². The second-order valence-corrected chi connectivity index (χ2v) is 9.96. The van der Waals surface area contributed by atoms with Gasteiger partial charge in [-0.15, -0.1) is 0 Å². The summed E-state index contributed by atoms with van der Waals surface area (Å²) in [6.45, 7) is 12.0. The van der Waals surface area contributed by atoms with E-state index in [-0.39, 0.29) is 5.69 Å². The van der Waals surface area contributed by atoms with Gasteiger partial charge in [0, 0.05) is 32.2 Å². The van der Waals surface area contributed by atoms with Gasteiger partial charge in [0.2, 0.25) is 5.91 Å². The van der Waals surface area contributed by atoms with Crippen molar-refractivity contribution in [2.24, 2.45) is 16.6 Å². The molecule has 1 aromatic heterocycles. The fourth-order valence-corrected chi connectivity index (χ4v) is 5.09. The van der Waals surface area contributed by atoms with Gasteiger partial charge in [-0.05, 0) is 30.4 Å². The molecule has 9 nitrogen and oxygen atoms in total. The highest BCUT2D eigenvalue weighted by molar-refractivity contribution is 5.93. The van der Waals surface area contributed by atoms with Crippen molar-refractivity contribution in [3.05, 3.63) is 34.2 Å². The molecule has 32 heavy (non-hydrogen) atoms. The van der Waals surface area contributed by atoms with Gasteiger partial charge in [-0.1, -0.05) is 32.9 Å². The topological polar surface area (TPSA) is 112 Å². The number of primary amides is 1. The van der Waals surface area contributed by atoms with E-state index in [9.17, 15) is 14.4 Å². The Kier molecular flexibility index (Phi) is 5.67. The van der Waals surface area contributed by atoms with E-state index < -0.39 is 28.8 Å². The zero-order chi connectivity index (χ0) is 23.3. The quantitative estimate of drug-likeness (QED) is 0.723. The molecule has 2 unspecified atom stereocenters. The Morgan fingerprint density at radius 3 is 2.50 bits per heavy atom. The minimum Gasteiger partial charge on any atom is -0.379 e. The highest BCUT2D eigenvalue weighted by Gasteiger charge is 2.66. The first-order chi connectivity index (χ1) is 15.1. The van der Waals surface area contributed by atoms with Crippen LogP contribution in [0.1, 0.15) is 32.8 Å². The molecule has 1 saturated heterocycles. The number of nitrogens with two attached hydrogens (primary N) is 1. The van der Waals surface area contributed by atoms with Gasteiger partial charge in [0.05, 0.1) is 29.7 Å². The number of aryl methyl sites for hydroxylation is 1. The van der Waals surface area contributed by atoms with E-state index in [1.807, 2.05) is 39.8 Å². The molecule has 0 radical (unpaired) electrons. The lowest BCUT2D eigenvalue weighted by Gasteiger charge is -2.29. The minimum absolute atomic E-state index is 0.374. The molecule has 1 saturated carbocycles. The molecule has 1 aliphatic carbocycles. The number of fused-ring (bicyclic) bond motifs is 1. The normalized spacial score (nSPS) is 23.9. The molecule has 4 rings (SSSR count). The summed E-state index contributed by atoms with van der Waals surface area (Å²) in [4.78, 5) is 41.1. The highest BCUT2D eigenvalue weighted by atomic mass is 16.5. The van der Waals surface area contributed by atoms with Crippen LogP contribution in [0.4, 0.5) is 4.79 Å². The van der Waals surface area contributed by atoms with Crippen molar-refractivity contribution in [1.29, 1.82) is 0 Å². The van der Waals surface area contributed by atoms with Gasteiger partial charge in [-0.2, -0.15) is 0 Å². The zero-order valence-electron chi connectivity index (χ0n) is 19.3. The number of morpholine rings is 1. The third-order valence-corrected chi connectivity index (χ3v) is 7.13. The fourth-order valence-electron chi connectivity index (χ4n) is 5.09. The van der Waals surface area contributed by atoms with Crippen molar-refractivity contribution >= 4 is 23.0 Å². The third-order valence-electron chi connectivity index (χ3n) is 7.13. The predicted octanol–water partition coefficient (Wildman–Crippen LogP) is 1.29. The molecule has 1 aromatic carbocycles. The largest absolute Gasteiger partial charge is 0.379 e. The van der Waals surface area contributed by atoms with Crippen LogP contribution in [0.25, 0.3) is 11.0 Å². The van der Waals surface area contributed by atoms with Crippen LogP contribution in [0.2, 0.25) is 0 Å². The average Bonchev–Trinajstić information content (AvgIpc) is 3.39. The Bertz CT molecular complexity index is 1110. The average molecular weight is 444 g/mol. The number of rotatable bonds is 5. The van der Waals surface area contributed by atoms with Gasteiger partial charge in [-0.3, -0.25) is 14.3 Å². The summed E-state index contributed by atoms with van der Waals surface area (Å²) in [5, 5.41) is 2.90. The van der Waals surface area contributed by atoms with Gasteiger partial charge in [-0.25, -0.2) is 14.2 Å². The van der Waals surface area contributed by atoms with Crippen LogP contribution in [0.15, 0.2) is 23.0 Å². The van der Waals surface area contributed by atoms with Crippen molar-refractivity contribution in [2.75, 3.05) is 32.8 Å². The van der Waals surface area contributed by atoms with Crippen LogP contribution >= 0.6 is 0 Å². The number of benzene rings is 1. The van der Waals surface area contributed by atoms with Crippen LogP contribution < -0.4 is 16.7 Å². The summed E-state index contributed by atoms with van der Waals surface area (Å²) in [7, 11) is 0. The van der Waals surface area contributed by atoms with Crippen LogP contribution in [-0.4, -0.2) is 64.9 Å². The SMILES string of the molecule is Cc1cccc2c1n(CCN1CCOCC1)c(=O)n2C(=O)NC1CC1(C(N)=O)C(C)(C)C. The summed E-state index contributed by atoms with van der Waals surface area (Å²) in [6, 6.07) is 4.65. The second-order valence-electron chi connectivity index (χ2n) is 9.96. The Labute approximate surface area is 187 Å². The molecule has 2 fully saturated rings.